The van der Waals surface area contributed by atoms with Crippen LogP contribution < -0.4 is 10.2 Å². The second kappa shape index (κ2) is 9.42. The summed E-state index contributed by atoms with van der Waals surface area (Å²) in [6.07, 6.45) is 0.682. The second-order valence-corrected chi connectivity index (χ2v) is 6.46. The number of hydrogen-bond acceptors (Lipinski definition) is 4. The average Bonchev–Trinajstić information content (AvgIpc) is 2.61. The molecule has 0 saturated carbocycles. The normalized spacial score (nSPS) is 14.5. The van der Waals surface area contributed by atoms with Crippen molar-refractivity contribution in [1.82, 2.24) is 10.2 Å². The molecule has 1 fully saturated rings. The molecule has 1 aliphatic rings. The Morgan fingerprint density at radius 2 is 1.88 bits per heavy atom. The third kappa shape index (κ3) is 5.46. The lowest BCUT2D eigenvalue weighted by Crippen LogP contribution is -2.49. The first kappa shape index (κ1) is 19.2. The van der Waals surface area contributed by atoms with E-state index in [-0.39, 0.29) is 18.2 Å². The first-order chi connectivity index (χ1) is 12.0. The zero-order valence-electron chi connectivity index (χ0n) is 15.5. The minimum atomic E-state index is -0.210. The maximum atomic E-state index is 12.3. The Labute approximate surface area is 150 Å². The van der Waals surface area contributed by atoms with E-state index in [4.69, 9.17) is 4.74 Å². The molecule has 0 radical (unpaired) electrons. The van der Waals surface area contributed by atoms with Gasteiger partial charge in [-0.1, -0.05) is 12.1 Å². The Morgan fingerprint density at radius 1 is 1.16 bits per heavy atom. The van der Waals surface area contributed by atoms with Crippen LogP contribution in [0.3, 0.4) is 0 Å². The van der Waals surface area contributed by atoms with Crippen LogP contribution in [-0.4, -0.2) is 63.2 Å². The van der Waals surface area contributed by atoms with Crippen molar-refractivity contribution in [3.63, 3.8) is 0 Å². The number of nitrogens with one attached hydrogen (secondary N) is 1. The summed E-state index contributed by atoms with van der Waals surface area (Å²) in [4.78, 5) is 28.2. The molecule has 2 amide bonds. The maximum absolute atomic E-state index is 12.3. The molecule has 1 aromatic carbocycles. The number of aryl methyl sites for hydroxylation is 1. The van der Waals surface area contributed by atoms with E-state index in [0.717, 1.165) is 19.5 Å². The van der Waals surface area contributed by atoms with Crippen molar-refractivity contribution in [2.75, 3.05) is 51.3 Å². The van der Waals surface area contributed by atoms with Crippen molar-refractivity contribution in [1.29, 1.82) is 0 Å². The van der Waals surface area contributed by atoms with Crippen LogP contribution in [-0.2, 0) is 14.3 Å². The lowest BCUT2D eigenvalue weighted by molar-refractivity contribution is -0.136. The van der Waals surface area contributed by atoms with Gasteiger partial charge >= 0.3 is 0 Å². The van der Waals surface area contributed by atoms with Gasteiger partial charge in [0.15, 0.2) is 0 Å². The van der Waals surface area contributed by atoms with Crippen LogP contribution in [0.15, 0.2) is 18.2 Å². The van der Waals surface area contributed by atoms with E-state index in [1.165, 1.54) is 16.8 Å². The Morgan fingerprint density at radius 3 is 2.56 bits per heavy atom. The minimum Gasteiger partial charge on any atom is -0.385 e. The largest absolute Gasteiger partial charge is 0.385 e. The number of carbonyl (C=O) groups excluding carboxylic acids is 2. The molecule has 0 aliphatic carbocycles. The van der Waals surface area contributed by atoms with Crippen molar-refractivity contribution in [2.24, 2.45) is 0 Å². The molecule has 1 aromatic rings. The minimum absolute atomic E-state index is 0.0730. The lowest BCUT2D eigenvalue weighted by atomic mass is 10.1. The zero-order valence-corrected chi connectivity index (χ0v) is 15.5. The van der Waals surface area contributed by atoms with Gasteiger partial charge in [0.05, 0.1) is 0 Å². The van der Waals surface area contributed by atoms with Crippen LogP contribution in [0, 0.1) is 13.8 Å². The highest BCUT2D eigenvalue weighted by molar-refractivity contribution is 5.96. The van der Waals surface area contributed by atoms with Gasteiger partial charge in [-0.3, -0.25) is 9.59 Å². The molecule has 6 nitrogen and oxygen atoms in total. The van der Waals surface area contributed by atoms with Crippen LogP contribution in [0.4, 0.5) is 5.69 Å². The molecular formula is C19H29N3O3. The van der Waals surface area contributed by atoms with Gasteiger partial charge in [-0.25, -0.2) is 0 Å². The molecule has 1 heterocycles. The molecule has 0 spiro atoms. The molecule has 1 N–H and O–H groups in total. The number of carbonyl (C=O) groups is 2. The van der Waals surface area contributed by atoms with Crippen molar-refractivity contribution in [3.8, 4) is 0 Å². The van der Waals surface area contributed by atoms with Crippen LogP contribution >= 0.6 is 0 Å². The molecule has 2 rings (SSSR count). The molecule has 138 valence electrons. The van der Waals surface area contributed by atoms with Crippen LogP contribution in [0.2, 0.25) is 0 Å². The van der Waals surface area contributed by atoms with Crippen LogP contribution in [0.25, 0.3) is 0 Å². The Hall–Kier alpha value is -2.08. The second-order valence-electron chi connectivity index (χ2n) is 6.46. The van der Waals surface area contributed by atoms with Gasteiger partial charge in [-0.05, 0) is 37.5 Å². The number of anilines is 1. The SMILES string of the molecule is COCCCNC(=O)CC(=O)N1CCN(c2cccc(C)c2C)CC1. The van der Waals surface area contributed by atoms with Crippen molar-refractivity contribution in [3.05, 3.63) is 29.3 Å². The van der Waals surface area contributed by atoms with Crippen molar-refractivity contribution < 1.29 is 14.3 Å². The summed E-state index contributed by atoms with van der Waals surface area (Å²) in [5.41, 5.74) is 3.81. The van der Waals surface area contributed by atoms with E-state index in [1.807, 2.05) is 0 Å². The van der Waals surface area contributed by atoms with E-state index in [1.54, 1.807) is 12.0 Å². The average molecular weight is 347 g/mol. The van der Waals surface area contributed by atoms with Gasteiger partial charge < -0.3 is 19.9 Å². The summed E-state index contributed by atoms with van der Waals surface area (Å²) in [6, 6.07) is 6.32. The van der Waals surface area contributed by atoms with Crippen molar-refractivity contribution >= 4 is 17.5 Å². The smallest absolute Gasteiger partial charge is 0.232 e. The molecule has 0 bridgehead atoms. The third-order valence-electron chi connectivity index (χ3n) is 4.71. The predicted molar refractivity (Wildman–Crippen MR) is 98.8 cm³/mol. The number of methoxy groups -OCH3 is 1. The Bertz CT molecular complexity index is 596. The van der Waals surface area contributed by atoms with Gasteiger partial charge in [-0.2, -0.15) is 0 Å². The first-order valence-electron chi connectivity index (χ1n) is 8.87. The summed E-state index contributed by atoms with van der Waals surface area (Å²) in [7, 11) is 1.63. The highest BCUT2D eigenvalue weighted by Gasteiger charge is 2.23. The van der Waals surface area contributed by atoms with Crippen LogP contribution in [0.1, 0.15) is 24.0 Å². The van der Waals surface area contributed by atoms with E-state index in [9.17, 15) is 9.59 Å². The Balaban J connectivity index is 1.78. The number of piperazine rings is 1. The topological polar surface area (TPSA) is 61.9 Å². The fraction of sp³-hybridized carbons (Fsp3) is 0.579. The standard InChI is InChI=1S/C19H29N3O3/c1-15-6-4-7-17(16(15)2)21-9-11-22(12-10-21)19(24)14-18(23)20-8-5-13-25-3/h4,6-7H,5,8-14H2,1-3H3,(H,20,23). The van der Waals surface area contributed by atoms with Gasteiger partial charge in [-0.15, -0.1) is 0 Å². The fourth-order valence-corrected chi connectivity index (χ4v) is 3.03. The van der Waals surface area contributed by atoms with Gasteiger partial charge in [0.1, 0.15) is 6.42 Å². The van der Waals surface area contributed by atoms with E-state index in [2.05, 4.69) is 42.3 Å². The number of nitrogens with zero attached hydrogens (tertiary/aromatic N) is 2. The molecule has 0 aromatic heterocycles. The maximum Gasteiger partial charge on any atom is 0.232 e. The molecule has 25 heavy (non-hydrogen) atoms. The number of benzene rings is 1. The first-order valence-corrected chi connectivity index (χ1v) is 8.87. The molecular weight excluding hydrogens is 318 g/mol. The van der Waals surface area contributed by atoms with E-state index >= 15 is 0 Å². The van der Waals surface area contributed by atoms with Gasteiger partial charge in [0, 0.05) is 52.1 Å². The summed E-state index contributed by atoms with van der Waals surface area (Å²) in [5.74, 6) is -0.303. The lowest BCUT2D eigenvalue weighted by Gasteiger charge is -2.37. The number of hydrogen-bond donors (Lipinski definition) is 1. The summed E-state index contributed by atoms with van der Waals surface area (Å²) >= 11 is 0. The van der Waals surface area contributed by atoms with E-state index in [0.29, 0.717) is 26.2 Å². The number of rotatable bonds is 7. The molecule has 6 heteroatoms. The number of amides is 2. The quantitative estimate of drug-likeness (QED) is 0.600. The van der Waals surface area contributed by atoms with Crippen molar-refractivity contribution in [2.45, 2.75) is 26.7 Å². The molecule has 0 unspecified atom stereocenters. The summed E-state index contributed by atoms with van der Waals surface area (Å²) < 4.78 is 4.93. The van der Waals surface area contributed by atoms with Crippen LogP contribution in [0.5, 0.6) is 0 Å². The van der Waals surface area contributed by atoms with Gasteiger partial charge in [0.2, 0.25) is 11.8 Å². The fourth-order valence-electron chi connectivity index (χ4n) is 3.03. The predicted octanol–water partition coefficient (Wildman–Crippen LogP) is 1.49. The molecule has 0 atom stereocenters. The highest BCUT2D eigenvalue weighted by Crippen LogP contribution is 2.23. The Kier molecular flexibility index (Phi) is 7.25. The highest BCUT2D eigenvalue weighted by atomic mass is 16.5. The number of ether oxygens (including phenoxy) is 1. The summed E-state index contributed by atoms with van der Waals surface area (Å²) in [6.45, 7) is 8.30. The van der Waals surface area contributed by atoms with E-state index < -0.39 is 0 Å². The monoisotopic (exact) mass is 347 g/mol. The van der Waals surface area contributed by atoms with Gasteiger partial charge in [0.25, 0.3) is 0 Å². The zero-order chi connectivity index (χ0) is 18.2. The third-order valence-corrected chi connectivity index (χ3v) is 4.71. The summed E-state index contributed by atoms with van der Waals surface area (Å²) in [5, 5.41) is 2.76. The molecule has 1 aliphatic heterocycles. The molecule has 1 saturated heterocycles.